The van der Waals surface area contributed by atoms with Crippen LogP contribution in [0.3, 0.4) is 0 Å². The Morgan fingerprint density at radius 1 is 1.05 bits per heavy atom. The number of benzene rings is 1. The molecule has 2 aromatic heterocycles. The van der Waals surface area contributed by atoms with E-state index in [1.165, 1.54) is 0 Å². The zero-order chi connectivity index (χ0) is 13.2. The zero-order valence-electron chi connectivity index (χ0n) is 10.9. The number of hydrogen-bond donors (Lipinski definition) is 1. The van der Waals surface area contributed by atoms with Crippen LogP contribution in [-0.4, -0.2) is 22.0 Å². The Labute approximate surface area is 111 Å². The predicted octanol–water partition coefficient (Wildman–Crippen LogP) is 3.04. The summed E-state index contributed by atoms with van der Waals surface area (Å²) < 4.78 is 0. The van der Waals surface area contributed by atoms with E-state index in [9.17, 15) is 0 Å². The van der Waals surface area contributed by atoms with Crippen LogP contribution in [0.25, 0.3) is 22.2 Å². The number of rotatable bonds is 2. The number of pyridine rings is 1. The maximum Gasteiger partial charge on any atom is 0.223 e. The van der Waals surface area contributed by atoms with E-state index in [1.807, 2.05) is 44.4 Å². The summed E-state index contributed by atoms with van der Waals surface area (Å²) in [5.41, 5.74) is 3.81. The number of fused-ring (bicyclic) bond motifs is 1. The minimum atomic E-state index is 0.628. The van der Waals surface area contributed by atoms with Gasteiger partial charge in [0, 0.05) is 29.9 Å². The SMILES string of the molecule is CNc1nc(C)cc(-c2cnc3ccccc3c2)n1. The van der Waals surface area contributed by atoms with Crippen molar-refractivity contribution in [2.24, 2.45) is 0 Å². The van der Waals surface area contributed by atoms with Crippen molar-refractivity contribution in [2.75, 3.05) is 12.4 Å². The topological polar surface area (TPSA) is 50.7 Å². The van der Waals surface area contributed by atoms with Crippen LogP contribution in [-0.2, 0) is 0 Å². The number of aryl methyl sites for hydroxylation is 1. The van der Waals surface area contributed by atoms with Crippen LogP contribution in [0.1, 0.15) is 5.69 Å². The van der Waals surface area contributed by atoms with E-state index in [2.05, 4.69) is 32.4 Å². The molecule has 0 aliphatic carbocycles. The molecule has 0 saturated carbocycles. The van der Waals surface area contributed by atoms with Gasteiger partial charge in [0.15, 0.2) is 0 Å². The van der Waals surface area contributed by atoms with E-state index >= 15 is 0 Å². The minimum absolute atomic E-state index is 0.628. The molecule has 94 valence electrons. The molecule has 3 rings (SSSR count). The molecule has 4 heteroatoms. The van der Waals surface area contributed by atoms with Crippen molar-refractivity contribution in [3.8, 4) is 11.3 Å². The van der Waals surface area contributed by atoms with Gasteiger partial charge in [0.1, 0.15) is 0 Å². The second kappa shape index (κ2) is 4.65. The van der Waals surface area contributed by atoms with Crippen molar-refractivity contribution in [1.29, 1.82) is 0 Å². The summed E-state index contributed by atoms with van der Waals surface area (Å²) in [4.78, 5) is 13.2. The van der Waals surface area contributed by atoms with Crippen molar-refractivity contribution < 1.29 is 0 Å². The first-order valence-electron chi connectivity index (χ1n) is 6.15. The van der Waals surface area contributed by atoms with Crippen LogP contribution < -0.4 is 5.32 Å². The third-order valence-electron chi connectivity index (χ3n) is 2.96. The molecule has 1 N–H and O–H groups in total. The van der Waals surface area contributed by atoms with Crippen molar-refractivity contribution in [3.05, 3.63) is 48.3 Å². The Morgan fingerprint density at radius 3 is 2.74 bits per heavy atom. The number of aromatic nitrogens is 3. The van der Waals surface area contributed by atoms with Gasteiger partial charge in [-0.05, 0) is 25.1 Å². The molecule has 0 aliphatic heterocycles. The van der Waals surface area contributed by atoms with Gasteiger partial charge >= 0.3 is 0 Å². The average Bonchev–Trinajstić information content (AvgIpc) is 2.46. The summed E-state index contributed by atoms with van der Waals surface area (Å²) in [6, 6.07) is 12.1. The van der Waals surface area contributed by atoms with E-state index < -0.39 is 0 Å². The lowest BCUT2D eigenvalue weighted by atomic mass is 10.1. The lowest BCUT2D eigenvalue weighted by molar-refractivity contribution is 1.10. The van der Waals surface area contributed by atoms with Gasteiger partial charge in [0.2, 0.25) is 5.95 Å². The van der Waals surface area contributed by atoms with Gasteiger partial charge in [0.25, 0.3) is 0 Å². The highest BCUT2D eigenvalue weighted by molar-refractivity contribution is 5.82. The summed E-state index contributed by atoms with van der Waals surface area (Å²) in [5.74, 6) is 0.628. The Kier molecular flexibility index (Phi) is 2.83. The highest BCUT2D eigenvalue weighted by atomic mass is 15.1. The molecule has 0 spiro atoms. The number of anilines is 1. The Hall–Kier alpha value is -2.49. The fraction of sp³-hybridized carbons (Fsp3) is 0.133. The van der Waals surface area contributed by atoms with Crippen molar-refractivity contribution >= 4 is 16.9 Å². The highest BCUT2D eigenvalue weighted by Gasteiger charge is 2.05. The zero-order valence-corrected chi connectivity index (χ0v) is 10.9. The molecule has 1 aromatic carbocycles. The summed E-state index contributed by atoms with van der Waals surface area (Å²) in [6.45, 7) is 1.96. The molecule has 0 saturated heterocycles. The van der Waals surface area contributed by atoms with Gasteiger partial charge in [-0.25, -0.2) is 9.97 Å². The Morgan fingerprint density at radius 2 is 1.89 bits per heavy atom. The molecular weight excluding hydrogens is 236 g/mol. The number of nitrogens with one attached hydrogen (secondary N) is 1. The van der Waals surface area contributed by atoms with Crippen LogP contribution in [0, 0.1) is 6.92 Å². The number of para-hydroxylation sites is 1. The second-order valence-corrected chi connectivity index (χ2v) is 4.38. The highest BCUT2D eigenvalue weighted by Crippen LogP contribution is 2.22. The molecular formula is C15H14N4. The molecule has 2 heterocycles. The smallest absolute Gasteiger partial charge is 0.223 e. The summed E-state index contributed by atoms with van der Waals surface area (Å²) in [7, 11) is 1.82. The third kappa shape index (κ3) is 2.25. The molecule has 0 amide bonds. The van der Waals surface area contributed by atoms with Crippen LogP contribution in [0.4, 0.5) is 5.95 Å². The van der Waals surface area contributed by atoms with Gasteiger partial charge in [-0.2, -0.15) is 0 Å². The van der Waals surface area contributed by atoms with E-state index in [0.29, 0.717) is 5.95 Å². The summed E-state index contributed by atoms with van der Waals surface area (Å²) in [6.07, 6.45) is 1.85. The van der Waals surface area contributed by atoms with Gasteiger partial charge in [-0.15, -0.1) is 0 Å². The Bertz CT molecular complexity index is 737. The maximum atomic E-state index is 4.47. The molecule has 4 nitrogen and oxygen atoms in total. The first-order chi connectivity index (χ1) is 9.26. The van der Waals surface area contributed by atoms with E-state index in [0.717, 1.165) is 27.9 Å². The molecule has 0 aliphatic rings. The fourth-order valence-corrected chi connectivity index (χ4v) is 2.04. The van der Waals surface area contributed by atoms with Gasteiger partial charge in [-0.1, -0.05) is 18.2 Å². The summed E-state index contributed by atoms with van der Waals surface area (Å²) >= 11 is 0. The normalized spacial score (nSPS) is 10.6. The van der Waals surface area contributed by atoms with Gasteiger partial charge in [-0.3, -0.25) is 4.98 Å². The van der Waals surface area contributed by atoms with Crippen LogP contribution >= 0.6 is 0 Å². The third-order valence-corrected chi connectivity index (χ3v) is 2.96. The van der Waals surface area contributed by atoms with Crippen molar-refractivity contribution in [1.82, 2.24) is 15.0 Å². The first kappa shape index (κ1) is 11.6. The van der Waals surface area contributed by atoms with E-state index in [4.69, 9.17) is 0 Å². The number of hydrogen-bond acceptors (Lipinski definition) is 4. The average molecular weight is 250 g/mol. The molecule has 19 heavy (non-hydrogen) atoms. The second-order valence-electron chi connectivity index (χ2n) is 4.38. The standard InChI is InChI=1S/C15H14N4/c1-10-7-14(19-15(16-2)18-10)12-8-11-5-3-4-6-13(11)17-9-12/h3-9H,1-2H3,(H,16,18,19). The van der Waals surface area contributed by atoms with E-state index in [-0.39, 0.29) is 0 Å². The van der Waals surface area contributed by atoms with Crippen LogP contribution in [0.15, 0.2) is 42.6 Å². The van der Waals surface area contributed by atoms with Gasteiger partial charge < -0.3 is 5.32 Å². The van der Waals surface area contributed by atoms with Crippen LogP contribution in [0.5, 0.6) is 0 Å². The molecule has 3 aromatic rings. The van der Waals surface area contributed by atoms with E-state index in [1.54, 1.807) is 0 Å². The Balaban J connectivity index is 2.15. The molecule has 0 bridgehead atoms. The maximum absolute atomic E-state index is 4.47. The predicted molar refractivity (Wildman–Crippen MR) is 77.1 cm³/mol. The van der Waals surface area contributed by atoms with Gasteiger partial charge in [0.05, 0.1) is 11.2 Å². The van der Waals surface area contributed by atoms with Crippen molar-refractivity contribution in [3.63, 3.8) is 0 Å². The number of nitrogens with zero attached hydrogens (tertiary/aromatic N) is 3. The first-order valence-corrected chi connectivity index (χ1v) is 6.15. The summed E-state index contributed by atoms with van der Waals surface area (Å²) in [5, 5.41) is 4.09. The monoisotopic (exact) mass is 250 g/mol. The quantitative estimate of drug-likeness (QED) is 0.759. The largest absolute Gasteiger partial charge is 0.357 e. The molecule has 0 atom stereocenters. The van der Waals surface area contributed by atoms with Crippen molar-refractivity contribution in [2.45, 2.75) is 6.92 Å². The lowest BCUT2D eigenvalue weighted by Gasteiger charge is -2.06. The molecule has 0 fully saturated rings. The molecule has 0 unspecified atom stereocenters. The molecule has 0 radical (unpaired) electrons. The minimum Gasteiger partial charge on any atom is -0.357 e. The lowest BCUT2D eigenvalue weighted by Crippen LogP contribution is -1.99. The fourth-order valence-electron chi connectivity index (χ4n) is 2.04. The van der Waals surface area contributed by atoms with Crippen LogP contribution in [0.2, 0.25) is 0 Å².